The first kappa shape index (κ1) is 72.0. The molecule has 0 radical (unpaired) electrons. The zero-order chi connectivity index (χ0) is 60.4. The second-order valence-corrected chi connectivity index (χ2v) is 23.6. The van der Waals surface area contributed by atoms with E-state index in [1.165, 1.54) is 0 Å². The first-order valence-electron chi connectivity index (χ1n) is 30.7. The molecule has 0 aromatic carbocycles. The lowest BCUT2D eigenvalue weighted by atomic mass is 9.89. The fourth-order valence-electron chi connectivity index (χ4n) is 8.53. The lowest BCUT2D eigenvalue weighted by Gasteiger charge is -2.35. The summed E-state index contributed by atoms with van der Waals surface area (Å²) in [7, 11) is 0. The average molecular weight is 1150 g/mol. The highest BCUT2D eigenvalue weighted by Gasteiger charge is 2.25. The minimum atomic E-state index is -0.225. The Labute approximate surface area is 490 Å². The van der Waals surface area contributed by atoms with E-state index >= 15 is 0 Å². The molecule has 1 saturated heterocycles. The predicted molar refractivity (Wildman–Crippen MR) is 325 cm³/mol. The Bertz CT molecular complexity index is 2070. The molecular weight excluding hydrogens is 1050 g/mol. The third kappa shape index (κ3) is 37.8. The summed E-state index contributed by atoms with van der Waals surface area (Å²) in [5.74, 6) is -0.100. The minimum absolute atomic E-state index is 0.000425. The van der Waals surface area contributed by atoms with Crippen LogP contribution in [-0.2, 0) is 38.4 Å². The molecule has 8 amide bonds. The summed E-state index contributed by atoms with van der Waals surface area (Å²) in [6.07, 6.45) is 17.9. The first-order valence-corrected chi connectivity index (χ1v) is 30.7. The van der Waals surface area contributed by atoms with E-state index in [9.17, 15) is 38.4 Å². The molecule has 0 saturated carbocycles. The van der Waals surface area contributed by atoms with E-state index in [1.807, 2.05) is 31.7 Å². The number of carbonyl (C=O) groups excluding carboxylic acids is 8. The van der Waals surface area contributed by atoms with Crippen LogP contribution >= 0.6 is 0 Å². The maximum Gasteiger partial charge on any atom is 0.243 e. The zero-order valence-corrected chi connectivity index (χ0v) is 51.3. The van der Waals surface area contributed by atoms with Crippen molar-refractivity contribution in [1.82, 2.24) is 57.1 Å². The molecular formula is C59H107N15O8. The van der Waals surface area contributed by atoms with Crippen LogP contribution in [0.15, 0.2) is 12.2 Å². The van der Waals surface area contributed by atoms with Gasteiger partial charge in [-0.1, -0.05) is 93.1 Å². The van der Waals surface area contributed by atoms with E-state index in [0.717, 1.165) is 70.6 Å². The monoisotopic (exact) mass is 1150 g/mol. The van der Waals surface area contributed by atoms with Crippen molar-refractivity contribution < 1.29 is 38.4 Å². The normalized spacial score (nSPS) is 12.6. The topological polar surface area (TPSA) is 307 Å². The van der Waals surface area contributed by atoms with E-state index in [1.54, 1.807) is 15.9 Å². The van der Waals surface area contributed by atoms with Gasteiger partial charge in [0.15, 0.2) is 0 Å². The molecule has 0 bridgehead atoms. The molecule has 1 fully saturated rings. The standard InChI is InChI=1S/C59H107N15O8/c1-8-9-10-13-22-47(75)64-36-20-38-66-52(80)28-41-73(42-29-53(81)67-39-21-37-65-48(76)23-14-15-30-58(2,3)4)56-69-55(68-40-27-51(79)63-35-19-32-60)70-57(71-56)74-45-43-72(44-46-74)54(82)25-18-24-49(77)61-33-16-11-12-17-34-62-50(78)26-31-59(5,6)7/h26,31H,8-25,27-30,32-46,60H2,1-7H3,(H,61,77)(H,62,78)(H,63,79)(H,64,75)(H,65,76)(H,66,80)(H,67,81)(H,68,69,70,71)/b31-26+. The Morgan fingerprint density at radius 2 is 0.976 bits per heavy atom. The van der Waals surface area contributed by atoms with Gasteiger partial charge in [-0.2, -0.15) is 15.0 Å². The Hall–Kier alpha value is -6.13. The SMILES string of the molecule is CCCCCCC(=O)NCCCNC(=O)CCN(CCC(=O)NCCCNC(=O)CCCCC(C)(C)C)c1nc(NCCC(=O)NCCCN)nc(N2CCN(C(=O)CCCC(=O)NCCCCCCNC(=O)/C=C/C(C)(C)C)CC2)n1. The van der Waals surface area contributed by atoms with Crippen LogP contribution in [0.3, 0.4) is 0 Å². The molecule has 0 atom stereocenters. The van der Waals surface area contributed by atoms with Crippen molar-refractivity contribution in [1.29, 1.82) is 0 Å². The van der Waals surface area contributed by atoms with E-state index in [4.69, 9.17) is 20.7 Å². The van der Waals surface area contributed by atoms with Crippen LogP contribution < -0.4 is 58.1 Å². The molecule has 2 heterocycles. The molecule has 2 rings (SSSR count). The van der Waals surface area contributed by atoms with Crippen molar-refractivity contribution in [2.75, 3.05) is 113 Å². The largest absolute Gasteiger partial charge is 0.356 e. The van der Waals surface area contributed by atoms with Crippen LogP contribution in [0, 0.1) is 10.8 Å². The fraction of sp³-hybridized carbons (Fsp3) is 0.780. The number of nitrogens with two attached hydrogens (primary N) is 1. The van der Waals surface area contributed by atoms with Gasteiger partial charge in [0, 0.05) is 137 Å². The van der Waals surface area contributed by atoms with Gasteiger partial charge in [0.1, 0.15) is 0 Å². The number of hydrogen-bond acceptors (Lipinski definition) is 15. The predicted octanol–water partition coefficient (Wildman–Crippen LogP) is 4.76. The molecule has 1 aliphatic rings. The number of unbranched alkanes of at least 4 members (excludes halogenated alkanes) is 7. The van der Waals surface area contributed by atoms with Gasteiger partial charge in [-0.15, -0.1) is 0 Å². The molecule has 1 aromatic heterocycles. The highest BCUT2D eigenvalue weighted by atomic mass is 16.2. The molecule has 82 heavy (non-hydrogen) atoms. The Balaban J connectivity index is 2.08. The van der Waals surface area contributed by atoms with Gasteiger partial charge < -0.3 is 63.0 Å². The van der Waals surface area contributed by atoms with Crippen LogP contribution in [0.4, 0.5) is 17.8 Å². The van der Waals surface area contributed by atoms with Gasteiger partial charge in [0.2, 0.25) is 65.1 Å². The maximum atomic E-state index is 13.4. The summed E-state index contributed by atoms with van der Waals surface area (Å²) >= 11 is 0. The van der Waals surface area contributed by atoms with E-state index in [2.05, 4.69) is 70.2 Å². The number of nitrogens with zero attached hydrogens (tertiary/aromatic N) is 6. The summed E-state index contributed by atoms with van der Waals surface area (Å²) < 4.78 is 0. The minimum Gasteiger partial charge on any atom is -0.356 e. The number of amides is 8. The summed E-state index contributed by atoms with van der Waals surface area (Å²) in [5, 5.41) is 23.6. The molecule has 23 heteroatoms. The summed E-state index contributed by atoms with van der Waals surface area (Å²) in [5.41, 5.74) is 5.79. The summed E-state index contributed by atoms with van der Waals surface area (Å²) in [4.78, 5) is 122. The molecule has 0 aliphatic carbocycles. The highest BCUT2D eigenvalue weighted by molar-refractivity contribution is 5.87. The van der Waals surface area contributed by atoms with E-state index < -0.39 is 0 Å². The fourth-order valence-corrected chi connectivity index (χ4v) is 8.53. The molecule has 10 N–H and O–H groups in total. The van der Waals surface area contributed by atoms with Gasteiger partial charge >= 0.3 is 0 Å². The number of piperazine rings is 1. The number of anilines is 3. The maximum absolute atomic E-state index is 13.4. The van der Waals surface area contributed by atoms with Crippen LogP contribution in [0.1, 0.15) is 190 Å². The first-order chi connectivity index (χ1) is 39.2. The molecule has 1 aliphatic heterocycles. The molecule has 0 unspecified atom stereocenters. The summed E-state index contributed by atoms with van der Waals surface area (Å²) in [6, 6.07) is 0. The number of allylic oxidation sites excluding steroid dienone is 1. The van der Waals surface area contributed by atoms with Gasteiger partial charge in [-0.05, 0) is 81.2 Å². The van der Waals surface area contributed by atoms with E-state index in [-0.39, 0.29) is 122 Å². The van der Waals surface area contributed by atoms with Crippen LogP contribution in [0.5, 0.6) is 0 Å². The van der Waals surface area contributed by atoms with Crippen LogP contribution in [0.2, 0.25) is 0 Å². The van der Waals surface area contributed by atoms with Crippen molar-refractivity contribution in [3.63, 3.8) is 0 Å². The lowest BCUT2D eigenvalue weighted by molar-refractivity contribution is -0.132. The molecule has 466 valence electrons. The number of nitrogens with one attached hydrogen (secondary N) is 8. The highest BCUT2D eigenvalue weighted by Crippen LogP contribution is 2.23. The third-order valence-corrected chi connectivity index (χ3v) is 13.5. The Kier molecular flexibility index (Phi) is 37.4. The Morgan fingerprint density at radius 3 is 1.50 bits per heavy atom. The van der Waals surface area contributed by atoms with E-state index in [0.29, 0.717) is 123 Å². The van der Waals surface area contributed by atoms with Gasteiger partial charge in [0.05, 0.1) is 0 Å². The molecule has 0 spiro atoms. The quantitative estimate of drug-likeness (QED) is 0.0314. The number of aromatic nitrogens is 3. The van der Waals surface area contributed by atoms with Crippen molar-refractivity contribution in [2.24, 2.45) is 16.6 Å². The number of carbonyl (C=O) groups is 8. The third-order valence-electron chi connectivity index (χ3n) is 13.5. The van der Waals surface area contributed by atoms with Crippen molar-refractivity contribution in [3.05, 3.63) is 12.2 Å². The van der Waals surface area contributed by atoms with Crippen molar-refractivity contribution >= 4 is 65.1 Å². The zero-order valence-electron chi connectivity index (χ0n) is 51.3. The van der Waals surface area contributed by atoms with Crippen LogP contribution in [-0.4, -0.2) is 165 Å². The number of rotatable bonds is 44. The molecule has 1 aromatic rings. The van der Waals surface area contributed by atoms with Crippen molar-refractivity contribution in [3.8, 4) is 0 Å². The van der Waals surface area contributed by atoms with Gasteiger partial charge in [0.25, 0.3) is 0 Å². The number of hydrogen-bond donors (Lipinski definition) is 9. The van der Waals surface area contributed by atoms with Crippen molar-refractivity contribution in [2.45, 2.75) is 190 Å². The summed E-state index contributed by atoms with van der Waals surface area (Å²) in [6.45, 7) is 20.6. The Morgan fingerprint density at radius 1 is 0.500 bits per heavy atom. The van der Waals surface area contributed by atoms with Gasteiger partial charge in [-0.3, -0.25) is 38.4 Å². The second-order valence-electron chi connectivity index (χ2n) is 23.6. The van der Waals surface area contributed by atoms with Gasteiger partial charge in [-0.25, -0.2) is 0 Å². The smallest absolute Gasteiger partial charge is 0.243 e. The lowest BCUT2D eigenvalue weighted by Crippen LogP contribution is -2.49. The average Bonchev–Trinajstić information content (AvgIpc) is 3.45. The van der Waals surface area contributed by atoms with Crippen LogP contribution in [0.25, 0.3) is 0 Å². The molecule has 23 nitrogen and oxygen atoms in total. The second kappa shape index (κ2) is 42.7.